The van der Waals surface area contributed by atoms with Crippen LogP contribution in [0.25, 0.3) is 0 Å². The number of aldehydes is 1. The molecule has 1 fully saturated rings. The van der Waals surface area contributed by atoms with Crippen molar-refractivity contribution in [2.75, 3.05) is 20.1 Å². The third-order valence-electron chi connectivity index (χ3n) is 3.63. The van der Waals surface area contributed by atoms with Gasteiger partial charge in [0.1, 0.15) is 12.1 Å². The summed E-state index contributed by atoms with van der Waals surface area (Å²) in [5.41, 5.74) is 0.405. The van der Waals surface area contributed by atoms with Gasteiger partial charge in [-0.25, -0.2) is 4.39 Å². The summed E-state index contributed by atoms with van der Waals surface area (Å²) in [5.74, 6) is -0.0611. The van der Waals surface area contributed by atoms with Crippen molar-refractivity contribution in [2.24, 2.45) is 5.92 Å². The molecule has 0 spiro atoms. The Balaban J connectivity index is 1.95. The minimum Gasteiger partial charge on any atom is -0.306 e. The molecule has 2 rings (SSSR count). The molecule has 1 aliphatic carbocycles. The number of hydrogen-bond acceptors (Lipinski definition) is 2. The van der Waals surface area contributed by atoms with E-state index in [0.717, 1.165) is 25.3 Å². The molecular weight excluding hydrogens is 265 g/mol. The van der Waals surface area contributed by atoms with Gasteiger partial charge in [-0.2, -0.15) is 0 Å². The average Bonchev–Trinajstić information content (AvgIpc) is 3.18. The number of carbonyl (C=O) groups excluding carboxylic acids is 1. The van der Waals surface area contributed by atoms with Crippen LogP contribution >= 0.6 is 11.6 Å². The minimum absolute atomic E-state index is 0.0793. The van der Waals surface area contributed by atoms with Crippen LogP contribution in [-0.2, 0) is 4.79 Å². The van der Waals surface area contributed by atoms with Crippen molar-refractivity contribution in [1.82, 2.24) is 4.90 Å². The van der Waals surface area contributed by atoms with Gasteiger partial charge in [0.05, 0.1) is 5.02 Å². The van der Waals surface area contributed by atoms with Crippen molar-refractivity contribution in [3.8, 4) is 0 Å². The molecule has 1 unspecified atom stereocenters. The first kappa shape index (κ1) is 14.5. The van der Waals surface area contributed by atoms with E-state index in [2.05, 4.69) is 11.9 Å². The van der Waals surface area contributed by atoms with Crippen LogP contribution in [0.2, 0.25) is 5.02 Å². The Morgan fingerprint density at radius 3 is 2.89 bits per heavy atom. The van der Waals surface area contributed by atoms with E-state index in [0.29, 0.717) is 12.0 Å². The number of nitrogens with zero attached hydrogens (tertiary/aromatic N) is 1. The minimum atomic E-state index is -0.467. The predicted molar refractivity (Wildman–Crippen MR) is 75.1 cm³/mol. The summed E-state index contributed by atoms with van der Waals surface area (Å²) in [6, 6.07) is 4.83. The van der Waals surface area contributed by atoms with Gasteiger partial charge in [-0.1, -0.05) is 23.7 Å². The second-order valence-electron chi connectivity index (χ2n) is 5.38. The number of halogens is 2. The van der Waals surface area contributed by atoms with Crippen LogP contribution in [0, 0.1) is 11.7 Å². The molecule has 2 nitrogen and oxygen atoms in total. The fraction of sp³-hybridized carbons (Fsp3) is 0.533. The van der Waals surface area contributed by atoms with Gasteiger partial charge in [0.15, 0.2) is 0 Å². The van der Waals surface area contributed by atoms with Gasteiger partial charge in [-0.15, -0.1) is 0 Å². The van der Waals surface area contributed by atoms with Gasteiger partial charge in [0.25, 0.3) is 0 Å². The van der Waals surface area contributed by atoms with E-state index in [4.69, 9.17) is 11.6 Å². The molecule has 19 heavy (non-hydrogen) atoms. The summed E-state index contributed by atoms with van der Waals surface area (Å²) in [6.07, 6.45) is 4.07. The maximum atomic E-state index is 13.9. The molecule has 0 heterocycles. The third kappa shape index (κ3) is 4.02. The Hall–Kier alpha value is -0.930. The molecule has 1 atom stereocenters. The van der Waals surface area contributed by atoms with Crippen LogP contribution in [0.3, 0.4) is 0 Å². The lowest BCUT2D eigenvalue weighted by Gasteiger charge is -2.19. The van der Waals surface area contributed by atoms with Gasteiger partial charge in [-0.3, -0.25) is 0 Å². The lowest BCUT2D eigenvalue weighted by molar-refractivity contribution is -0.109. The second kappa shape index (κ2) is 6.49. The van der Waals surface area contributed by atoms with Crippen molar-refractivity contribution in [3.63, 3.8) is 0 Å². The first-order chi connectivity index (χ1) is 9.11. The predicted octanol–water partition coefficient (Wildman–Crippen LogP) is 3.49. The Labute approximate surface area is 118 Å². The maximum Gasteiger partial charge on any atom is 0.145 e. The van der Waals surface area contributed by atoms with Gasteiger partial charge in [-0.05, 0) is 50.4 Å². The van der Waals surface area contributed by atoms with Crippen LogP contribution in [0.5, 0.6) is 0 Å². The summed E-state index contributed by atoms with van der Waals surface area (Å²) in [6.45, 7) is 1.87. The second-order valence-corrected chi connectivity index (χ2v) is 5.79. The standard InChI is InChI=1S/C15H19ClFNO/c1-18(9-11-5-6-11)8-7-12(10-19)13-3-2-4-14(16)15(13)17/h2-4,10-12H,5-9H2,1H3. The molecule has 0 aromatic heterocycles. The zero-order valence-corrected chi connectivity index (χ0v) is 11.9. The number of benzene rings is 1. The monoisotopic (exact) mass is 283 g/mol. The Bertz CT molecular complexity index is 448. The highest BCUT2D eigenvalue weighted by atomic mass is 35.5. The van der Waals surface area contributed by atoms with Crippen LogP contribution < -0.4 is 0 Å². The topological polar surface area (TPSA) is 20.3 Å². The van der Waals surface area contributed by atoms with E-state index in [-0.39, 0.29) is 5.02 Å². The largest absolute Gasteiger partial charge is 0.306 e. The molecule has 0 amide bonds. The number of hydrogen-bond donors (Lipinski definition) is 0. The molecule has 0 bridgehead atoms. The summed E-state index contributed by atoms with van der Waals surface area (Å²) < 4.78 is 13.9. The summed E-state index contributed by atoms with van der Waals surface area (Å²) in [5, 5.41) is 0.0793. The van der Waals surface area contributed by atoms with E-state index in [9.17, 15) is 9.18 Å². The van der Waals surface area contributed by atoms with Crippen molar-refractivity contribution in [2.45, 2.75) is 25.2 Å². The van der Waals surface area contributed by atoms with Crippen LogP contribution in [0.4, 0.5) is 4.39 Å². The summed E-state index contributed by atoms with van der Waals surface area (Å²) >= 11 is 5.75. The SMILES string of the molecule is CN(CCC(C=O)c1cccc(Cl)c1F)CC1CC1. The number of rotatable bonds is 7. The van der Waals surface area contributed by atoms with E-state index in [1.165, 1.54) is 18.9 Å². The van der Waals surface area contributed by atoms with E-state index < -0.39 is 11.7 Å². The third-order valence-corrected chi connectivity index (χ3v) is 3.93. The van der Waals surface area contributed by atoms with Crippen molar-refractivity contribution >= 4 is 17.9 Å². The molecule has 0 aliphatic heterocycles. The zero-order chi connectivity index (χ0) is 13.8. The molecular formula is C15H19ClFNO. The number of carbonyl (C=O) groups is 1. The maximum absolute atomic E-state index is 13.9. The van der Waals surface area contributed by atoms with Gasteiger partial charge >= 0.3 is 0 Å². The van der Waals surface area contributed by atoms with Gasteiger partial charge in [0, 0.05) is 12.5 Å². The average molecular weight is 284 g/mol. The van der Waals surface area contributed by atoms with Crippen molar-refractivity contribution < 1.29 is 9.18 Å². The highest BCUT2D eigenvalue weighted by Crippen LogP contribution is 2.30. The van der Waals surface area contributed by atoms with E-state index in [1.54, 1.807) is 12.1 Å². The molecule has 1 aliphatic rings. The summed E-state index contributed by atoms with van der Waals surface area (Å²) in [4.78, 5) is 13.4. The Morgan fingerprint density at radius 1 is 1.53 bits per heavy atom. The smallest absolute Gasteiger partial charge is 0.145 e. The molecule has 1 saturated carbocycles. The lowest BCUT2D eigenvalue weighted by Crippen LogP contribution is -2.24. The van der Waals surface area contributed by atoms with Crippen molar-refractivity contribution in [3.05, 3.63) is 34.6 Å². The molecule has 1 aromatic carbocycles. The first-order valence-electron chi connectivity index (χ1n) is 6.69. The highest BCUT2D eigenvalue weighted by molar-refractivity contribution is 6.30. The molecule has 104 valence electrons. The molecule has 1 aromatic rings. The highest BCUT2D eigenvalue weighted by Gasteiger charge is 2.23. The van der Waals surface area contributed by atoms with Gasteiger partial charge < -0.3 is 9.69 Å². The Morgan fingerprint density at radius 2 is 2.26 bits per heavy atom. The van der Waals surface area contributed by atoms with Gasteiger partial charge in [0.2, 0.25) is 0 Å². The Kier molecular flexibility index (Phi) is 4.94. The molecule has 0 N–H and O–H groups in total. The van der Waals surface area contributed by atoms with E-state index in [1.807, 2.05) is 0 Å². The van der Waals surface area contributed by atoms with Crippen molar-refractivity contribution in [1.29, 1.82) is 0 Å². The lowest BCUT2D eigenvalue weighted by atomic mass is 9.96. The fourth-order valence-corrected chi connectivity index (χ4v) is 2.48. The molecule has 0 radical (unpaired) electrons. The van der Waals surface area contributed by atoms with Crippen LogP contribution in [0.15, 0.2) is 18.2 Å². The fourth-order valence-electron chi connectivity index (χ4n) is 2.30. The molecule has 4 heteroatoms. The summed E-state index contributed by atoms with van der Waals surface area (Å²) in [7, 11) is 2.05. The first-order valence-corrected chi connectivity index (χ1v) is 7.07. The van der Waals surface area contributed by atoms with Crippen LogP contribution in [0.1, 0.15) is 30.7 Å². The van der Waals surface area contributed by atoms with E-state index >= 15 is 0 Å². The zero-order valence-electron chi connectivity index (χ0n) is 11.1. The molecule has 0 saturated heterocycles. The normalized spacial score (nSPS) is 16.6. The quantitative estimate of drug-likeness (QED) is 0.714. The van der Waals surface area contributed by atoms with Crippen LogP contribution in [-0.4, -0.2) is 31.3 Å².